The Morgan fingerprint density at radius 2 is 1.86 bits per heavy atom. The highest BCUT2D eigenvalue weighted by Gasteiger charge is 2.12. The van der Waals surface area contributed by atoms with E-state index in [1.54, 1.807) is 24.3 Å². The predicted molar refractivity (Wildman–Crippen MR) is 142 cm³/mol. The van der Waals surface area contributed by atoms with Gasteiger partial charge in [-0.25, -0.2) is 5.43 Å². The second kappa shape index (κ2) is 14.6. The minimum Gasteiger partial charge on any atom is -0.483 e. The molecule has 188 valence electrons. The van der Waals surface area contributed by atoms with Crippen molar-refractivity contribution in [1.82, 2.24) is 10.7 Å². The molecule has 3 amide bonds. The zero-order valence-electron chi connectivity index (χ0n) is 19.7. The van der Waals surface area contributed by atoms with Gasteiger partial charge in [0.2, 0.25) is 0 Å². The third-order valence-electron chi connectivity index (χ3n) is 4.41. The summed E-state index contributed by atoms with van der Waals surface area (Å²) in [7, 11) is 0. The Morgan fingerprint density at radius 1 is 1.09 bits per heavy atom. The SMILES string of the molecule is Cc1cc(NC(=O)COc2ccc(Br)cc2/C=N\NC(=O)C(=O)NCCCOC(C)C)ccc1Br. The number of nitrogens with one attached hydrogen (secondary N) is 3. The highest BCUT2D eigenvalue weighted by molar-refractivity contribution is 9.10. The molecule has 0 heterocycles. The van der Waals surface area contributed by atoms with Crippen molar-refractivity contribution >= 4 is 61.5 Å². The summed E-state index contributed by atoms with van der Waals surface area (Å²) in [4.78, 5) is 36.1. The summed E-state index contributed by atoms with van der Waals surface area (Å²) in [6.45, 7) is 6.34. The van der Waals surface area contributed by atoms with Gasteiger partial charge in [0.05, 0.1) is 12.3 Å². The summed E-state index contributed by atoms with van der Waals surface area (Å²) in [6.07, 6.45) is 2.03. The topological polar surface area (TPSA) is 118 Å². The molecule has 9 nitrogen and oxygen atoms in total. The molecule has 0 bridgehead atoms. The van der Waals surface area contributed by atoms with E-state index in [9.17, 15) is 14.4 Å². The summed E-state index contributed by atoms with van der Waals surface area (Å²) in [6, 6.07) is 10.6. The lowest BCUT2D eigenvalue weighted by Crippen LogP contribution is -2.38. The van der Waals surface area contributed by atoms with E-state index in [-0.39, 0.29) is 18.6 Å². The van der Waals surface area contributed by atoms with E-state index in [1.165, 1.54) is 6.21 Å². The highest BCUT2D eigenvalue weighted by Crippen LogP contribution is 2.22. The van der Waals surface area contributed by atoms with E-state index in [2.05, 4.69) is 53.0 Å². The van der Waals surface area contributed by atoms with Gasteiger partial charge >= 0.3 is 11.8 Å². The first-order chi connectivity index (χ1) is 16.7. The van der Waals surface area contributed by atoms with Gasteiger partial charge in [-0.3, -0.25) is 14.4 Å². The number of halogens is 2. The van der Waals surface area contributed by atoms with Gasteiger partial charge in [-0.1, -0.05) is 31.9 Å². The predicted octanol–water partition coefficient (Wildman–Crippen LogP) is 3.92. The second-order valence-electron chi connectivity index (χ2n) is 7.71. The smallest absolute Gasteiger partial charge is 0.329 e. The molecule has 0 aliphatic rings. The van der Waals surface area contributed by atoms with Gasteiger partial charge in [0, 0.05) is 33.3 Å². The summed E-state index contributed by atoms with van der Waals surface area (Å²) in [5.74, 6) is -1.64. The number of nitrogens with zero attached hydrogens (tertiary/aromatic N) is 1. The fourth-order valence-electron chi connectivity index (χ4n) is 2.70. The van der Waals surface area contributed by atoms with Crippen LogP contribution in [-0.4, -0.2) is 49.8 Å². The van der Waals surface area contributed by atoms with Gasteiger partial charge in [-0.2, -0.15) is 5.10 Å². The number of hydrogen-bond acceptors (Lipinski definition) is 6. The summed E-state index contributed by atoms with van der Waals surface area (Å²) < 4.78 is 12.7. The van der Waals surface area contributed by atoms with E-state index in [1.807, 2.05) is 32.9 Å². The number of hydrogen-bond donors (Lipinski definition) is 3. The fourth-order valence-corrected chi connectivity index (χ4v) is 3.32. The van der Waals surface area contributed by atoms with Gasteiger partial charge in [0.25, 0.3) is 5.91 Å². The summed E-state index contributed by atoms with van der Waals surface area (Å²) >= 11 is 6.79. The van der Waals surface area contributed by atoms with Crippen LogP contribution in [-0.2, 0) is 19.1 Å². The maximum Gasteiger partial charge on any atom is 0.329 e. The quantitative estimate of drug-likeness (QED) is 0.154. The van der Waals surface area contributed by atoms with E-state index in [0.717, 1.165) is 14.5 Å². The molecular formula is C24H28Br2N4O5. The molecular weight excluding hydrogens is 584 g/mol. The van der Waals surface area contributed by atoms with Crippen molar-refractivity contribution in [1.29, 1.82) is 0 Å². The average Bonchev–Trinajstić information content (AvgIpc) is 2.80. The van der Waals surface area contributed by atoms with Crippen molar-refractivity contribution in [3.05, 3.63) is 56.5 Å². The average molecular weight is 612 g/mol. The minimum absolute atomic E-state index is 0.111. The molecule has 0 aliphatic heterocycles. The van der Waals surface area contributed by atoms with Crippen LogP contribution in [0.4, 0.5) is 5.69 Å². The third kappa shape index (κ3) is 10.6. The number of carbonyl (C=O) groups is 3. The standard InChI is InChI=1S/C24H28Br2N4O5/c1-15(2)34-10-4-9-27-23(32)24(33)30-28-13-17-12-18(25)5-8-21(17)35-14-22(31)29-19-6-7-20(26)16(3)11-19/h5-8,11-13,15H,4,9-10,14H2,1-3H3,(H,27,32)(H,29,31)(H,30,33)/b28-13-. The van der Waals surface area contributed by atoms with Crippen LogP contribution in [0.25, 0.3) is 0 Å². The van der Waals surface area contributed by atoms with Gasteiger partial charge in [0.15, 0.2) is 6.61 Å². The molecule has 0 aliphatic carbocycles. The Kier molecular flexibility index (Phi) is 11.9. The molecule has 0 atom stereocenters. The molecule has 0 saturated heterocycles. The lowest BCUT2D eigenvalue weighted by molar-refractivity contribution is -0.139. The van der Waals surface area contributed by atoms with Gasteiger partial charge in [0.1, 0.15) is 5.75 Å². The van der Waals surface area contributed by atoms with Crippen molar-refractivity contribution in [2.24, 2.45) is 5.10 Å². The minimum atomic E-state index is -0.896. The van der Waals surface area contributed by atoms with Crippen molar-refractivity contribution in [3.63, 3.8) is 0 Å². The number of anilines is 1. The molecule has 2 rings (SSSR count). The first kappa shape index (κ1) is 28.5. The molecule has 0 unspecified atom stereocenters. The lowest BCUT2D eigenvalue weighted by Gasteiger charge is -2.11. The number of rotatable bonds is 11. The van der Waals surface area contributed by atoms with Crippen LogP contribution in [0, 0.1) is 6.92 Å². The van der Waals surface area contributed by atoms with Crippen LogP contribution in [0.1, 0.15) is 31.4 Å². The molecule has 3 N–H and O–H groups in total. The molecule has 0 fully saturated rings. The summed E-state index contributed by atoms with van der Waals surface area (Å²) in [5, 5.41) is 9.10. The Balaban J connectivity index is 1.87. The van der Waals surface area contributed by atoms with Crippen molar-refractivity contribution in [2.75, 3.05) is 25.1 Å². The summed E-state index contributed by atoms with van der Waals surface area (Å²) in [5.41, 5.74) is 4.33. The fraction of sp³-hybridized carbons (Fsp3) is 0.333. The van der Waals surface area contributed by atoms with Crippen LogP contribution >= 0.6 is 31.9 Å². The van der Waals surface area contributed by atoms with Crippen molar-refractivity contribution in [2.45, 2.75) is 33.3 Å². The molecule has 0 radical (unpaired) electrons. The molecule has 2 aromatic rings. The van der Waals surface area contributed by atoms with Gasteiger partial charge in [-0.05, 0) is 69.2 Å². The first-order valence-electron chi connectivity index (χ1n) is 10.9. The Morgan fingerprint density at radius 3 is 2.57 bits per heavy atom. The van der Waals surface area contributed by atoms with Crippen molar-refractivity contribution in [3.8, 4) is 5.75 Å². The molecule has 2 aromatic carbocycles. The van der Waals surface area contributed by atoms with Crippen molar-refractivity contribution < 1.29 is 23.9 Å². The number of amides is 3. The number of ether oxygens (including phenoxy) is 2. The first-order valence-corrected chi connectivity index (χ1v) is 12.5. The monoisotopic (exact) mass is 610 g/mol. The van der Waals surface area contributed by atoms with E-state index in [4.69, 9.17) is 9.47 Å². The third-order valence-corrected chi connectivity index (χ3v) is 5.79. The maximum atomic E-state index is 12.3. The van der Waals surface area contributed by atoms with Crippen LogP contribution in [0.3, 0.4) is 0 Å². The second-order valence-corrected chi connectivity index (χ2v) is 9.48. The normalized spacial score (nSPS) is 10.9. The van der Waals surface area contributed by atoms with Gasteiger partial charge in [-0.15, -0.1) is 0 Å². The van der Waals surface area contributed by atoms with Gasteiger partial charge < -0.3 is 20.1 Å². The number of hydrazone groups is 1. The largest absolute Gasteiger partial charge is 0.483 e. The Bertz CT molecular complexity index is 1080. The lowest BCUT2D eigenvalue weighted by atomic mass is 10.2. The van der Waals surface area contributed by atoms with E-state index in [0.29, 0.717) is 36.6 Å². The number of aryl methyl sites for hydroxylation is 1. The number of benzene rings is 2. The molecule has 0 saturated carbocycles. The van der Waals surface area contributed by atoms with E-state index < -0.39 is 11.8 Å². The molecule has 11 heteroatoms. The Labute approximate surface area is 221 Å². The molecule has 0 spiro atoms. The van der Waals surface area contributed by atoms with Crippen LogP contribution in [0.2, 0.25) is 0 Å². The zero-order chi connectivity index (χ0) is 25.8. The highest BCUT2D eigenvalue weighted by atomic mass is 79.9. The molecule has 35 heavy (non-hydrogen) atoms. The van der Waals surface area contributed by atoms with E-state index >= 15 is 0 Å². The van der Waals surface area contributed by atoms with Crippen LogP contribution in [0.15, 0.2) is 50.4 Å². The zero-order valence-corrected chi connectivity index (χ0v) is 22.9. The number of carbonyl (C=O) groups excluding carboxylic acids is 3. The van der Waals surface area contributed by atoms with Crippen LogP contribution in [0.5, 0.6) is 5.75 Å². The Hall–Kier alpha value is -2.76. The van der Waals surface area contributed by atoms with Crippen LogP contribution < -0.4 is 20.8 Å². The molecule has 0 aromatic heterocycles. The maximum absolute atomic E-state index is 12.3.